The van der Waals surface area contributed by atoms with Gasteiger partial charge in [-0.1, -0.05) is 71.9 Å². The highest BCUT2D eigenvalue weighted by Crippen LogP contribution is 2.25. The first-order valence-corrected chi connectivity index (χ1v) is 11.3. The minimum absolute atomic E-state index is 0.103. The molecule has 0 aromatic heterocycles. The van der Waals surface area contributed by atoms with Crippen molar-refractivity contribution in [1.29, 1.82) is 0 Å². The van der Waals surface area contributed by atoms with Crippen molar-refractivity contribution in [2.45, 2.75) is 57.7 Å². The summed E-state index contributed by atoms with van der Waals surface area (Å²) in [5.74, 6) is -0.345. The van der Waals surface area contributed by atoms with Crippen molar-refractivity contribution < 1.29 is 9.59 Å². The molecule has 7 heteroatoms. The second-order valence-electron chi connectivity index (χ2n) is 7.69. The Hall–Kier alpha value is -1.75. The lowest BCUT2D eigenvalue weighted by Crippen LogP contribution is -2.50. The molecule has 2 aromatic carbocycles. The summed E-state index contributed by atoms with van der Waals surface area (Å²) in [4.78, 5) is 27.7. The van der Waals surface area contributed by atoms with Crippen molar-refractivity contribution in [3.05, 3.63) is 68.7 Å². The van der Waals surface area contributed by atoms with Crippen LogP contribution >= 0.6 is 34.8 Å². The molecule has 160 valence electrons. The maximum Gasteiger partial charge on any atom is 0.242 e. The molecule has 0 spiro atoms. The molecule has 1 atom stereocenters. The smallest absolute Gasteiger partial charge is 0.242 e. The standard InChI is InChI=1S/C23H25Cl3N2O2/c1-15(23(30)27-19-7-3-4-8-19)28(14-17-10-11-18(24)13-21(17)26)22(29)12-16-6-2-5-9-20(16)25/h2,5-6,9-11,13,15,19H,3-4,7-8,12,14H2,1H3,(H,27,30)/t15-/m1/s1. The Labute approximate surface area is 192 Å². The van der Waals surface area contributed by atoms with E-state index in [-0.39, 0.29) is 30.8 Å². The zero-order chi connectivity index (χ0) is 21.7. The van der Waals surface area contributed by atoms with Gasteiger partial charge in [-0.15, -0.1) is 0 Å². The van der Waals surface area contributed by atoms with Crippen LogP contribution in [0.5, 0.6) is 0 Å². The maximum absolute atomic E-state index is 13.2. The van der Waals surface area contributed by atoms with Gasteiger partial charge in [0.1, 0.15) is 6.04 Å². The number of amides is 2. The van der Waals surface area contributed by atoms with Gasteiger partial charge in [-0.3, -0.25) is 9.59 Å². The summed E-state index contributed by atoms with van der Waals surface area (Å²) in [6, 6.07) is 11.9. The second kappa shape index (κ2) is 10.5. The fourth-order valence-corrected chi connectivity index (χ4v) is 4.39. The largest absolute Gasteiger partial charge is 0.352 e. The number of carbonyl (C=O) groups is 2. The molecule has 1 saturated carbocycles. The Morgan fingerprint density at radius 3 is 2.40 bits per heavy atom. The lowest BCUT2D eigenvalue weighted by molar-refractivity contribution is -0.140. The van der Waals surface area contributed by atoms with Crippen molar-refractivity contribution >= 4 is 46.6 Å². The van der Waals surface area contributed by atoms with Crippen molar-refractivity contribution in [3.8, 4) is 0 Å². The molecule has 30 heavy (non-hydrogen) atoms. The average Bonchev–Trinajstić information content (AvgIpc) is 3.21. The monoisotopic (exact) mass is 466 g/mol. The number of hydrogen-bond donors (Lipinski definition) is 1. The minimum atomic E-state index is -0.646. The Morgan fingerprint density at radius 2 is 1.73 bits per heavy atom. The van der Waals surface area contributed by atoms with Crippen LogP contribution < -0.4 is 5.32 Å². The van der Waals surface area contributed by atoms with E-state index >= 15 is 0 Å². The first-order valence-electron chi connectivity index (χ1n) is 10.1. The minimum Gasteiger partial charge on any atom is -0.352 e. The van der Waals surface area contributed by atoms with Gasteiger partial charge in [-0.05, 0) is 49.1 Å². The first-order chi connectivity index (χ1) is 14.3. The third-order valence-corrected chi connectivity index (χ3v) is 6.48. The predicted molar refractivity (Wildman–Crippen MR) is 122 cm³/mol. The SMILES string of the molecule is C[C@H](C(=O)NC1CCCC1)N(Cc1ccc(Cl)cc1Cl)C(=O)Cc1ccccc1Cl. The highest BCUT2D eigenvalue weighted by atomic mass is 35.5. The maximum atomic E-state index is 13.2. The van der Waals surface area contributed by atoms with E-state index in [9.17, 15) is 9.59 Å². The Kier molecular flexibility index (Phi) is 8.04. The molecule has 0 saturated heterocycles. The molecular formula is C23H25Cl3N2O2. The number of halogens is 3. The van der Waals surface area contributed by atoms with E-state index in [1.54, 1.807) is 36.1 Å². The molecule has 2 amide bonds. The van der Waals surface area contributed by atoms with E-state index in [2.05, 4.69) is 5.32 Å². The number of hydrogen-bond acceptors (Lipinski definition) is 2. The van der Waals surface area contributed by atoms with Crippen LogP contribution in [0.3, 0.4) is 0 Å². The van der Waals surface area contributed by atoms with Gasteiger partial charge in [0.15, 0.2) is 0 Å². The Bertz CT molecular complexity index is 913. The van der Waals surface area contributed by atoms with Crippen LogP contribution in [-0.4, -0.2) is 28.8 Å². The second-order valence-corrected chi connectivity index (χ2v) is 8.94. The van der Waals surface area contributed by atoms with Gasteiger partial charge in [0.2, 0.25) is 11.8 Å². The molecule has 4 nitrogen and oxygen atoms in total. The predicted octanol–water partition coefficient (Wildman–Crippen LogP) is 5.67. The summed E-state index contributed by atoms with van der Waals surface area (Å²) in [5.41, 5.74) is 1.45. The fourth-order valence-electron chi connectivity index (χ4n) is 3.71. The lowest BCUT2D eigenvalue weighted by Gasteiger charge is -2.30. The average molecular weight is 468 g/mol. The molecule has 2 aromatic rings. The van der Waals surface area contributed by atoms with Crippen LogP contribution in [0.2, 0.25) is 15.1 Å². The topological polar surface area (TPSA) is 49.4 Å². The Balaban J connectivity index is 1.81. The van der Waals surface area contributed by atoms with Crippen molar-refractivity contribution in [2.75, 3.05) is 0 Å². The highest BCUT2D eigenvalue weighted by molar-refractivity contribution is 6.35. The Morgan fingerprint density at radius 1 is 1.03 bits per heavy atom. The van der Waals surface area contributed by atoms with E-state index in [1.165, 1.54) is 0 Å². The normalized spacial score (nSPS) is 15.1. The summed E-state index contributed by atoms with van der Waals surface area (Å²) in [6.45, 7) is 1.96. The summed E-state index contributed by atoms with van der Waals surface area (Å²) in [5, 5.41) is 4.59. The molecule has 0 radical (unpaired) electrons. The van der Waals surface area contributed by atoms with E-state index < -0.39 is 6.04 Å². The van der Waals surface area contributed by atoms with E-state index in [0.717, 1.165) is 36.8 Å². The van der Waals surface area contributed by atoms with Gasteiger partial charge in [-0.2, -0.15) is 0 Å². The summed E-state index contributed by atoms with van der Waals surface area (Å²) >= 11 is 18.6. The van der Waals surface area contributed by atoms with Gasteiger partial charge in [0, 0.05) is 27.7 Å². The van der Waals surface area contributed by atoms with Crippen LogP contribution in [0, 0.1) is 0 Å². The number of nitrogens with one attached hydrogen (secondary N) is 1. The third kappa shape index (κ3) is 5.90. The first kappa shape index (κ1) is 22.9. The van der Waals surface area contributed by atoms with E-state index in [1.807, 2.05) is 18.2 Å². The molecule has 0 heterocycles. The molecule has 1 aliphatic rings. The van der Waals surface area contributed by atoms with Crippen molar-refractivity contribution in [2.24, 2.45) is 0 Å². The van der Waals surface area contributed by atoms with Crippen LogP contribution in [0.25, 0.3) is 0 Å². The lowest BCUT2D eigenvalue weighted by atomic mass is 10.1. The summed E-state index contributed by atoms with van der Waals surface area (Å²) in [7, 11) is 0. The molecule has 0 aliphatic heterocycles. The van der Waals surface area contributed by atoms with Gasteiger partial charge in [-0.25, -0.2) is 0 Å². The van der Waals surface area contributed by atoms with E-state index in [0.29, 0.717) is 15.1 Å². The number of carbonyl (C=O) groups excluding carboxylic acids is 2. The molecular weight excluding hydrogens is 443 g/mol. The van der Waals surface area contributed by atoms with Gasteiger partial charge in [0.05, 0.1) is 6.42 Å². The molecule has 1 N–H and O–H groups in total. The fraction of sp³-hybridized carbons (Fsp3) is 0.391. The molecule has 0 unspecified atom stereocenters. The molecule has 1 fully saturated rings. The number of nitrogens with zero attached hydrogens (tertiary/aromatic N) is 1. The van der Waals surface area contributed by atoms with Crippen LogP contribution in [0.1, 0.15) is 43.7 Å². The van der Waals surface area contributed by atoms with E-state index in [4.69, 9.17) is 34.8 Å². The van der Waals surface area contributed by atoms with Gasteiger partial charge in [0.25, 0.3) is 0 Å². The number of benzene rings is 2. The van der Waals surface area contributed by atoms with Crippen LogP contribution in [-0.2, 0) is 22.6 Å². The molecule has 0 bridgehead atoms. The summed E-state index contributed by atoms with van der Waals surface area (Å²) in [6.07, 6.45) is 4.31. The zero-order valence-electron chi connectivity index (χ0n) is 16.8. The molecule has 3 rings (SSSR count). The van der Waals surface area contributed by atoms with Gasteiger partial charge < -0.3 is 10.2 Å². The van der Waals surface area contributed by atoms with Gasteiger partial charge >= 0.3 is 0 Å². The zero-order valence-corrected chi connectivity index (χ0v) is 19.1. The van der Waals surface area contributed by atoms with Crippen LogP contribution in [0.15, 0.2) is 42.5 Å². The third-order valence-electron chi connectivity index (χ3n) is 5.52. The number of rotatable bonds is 7. The summed E-state index contributed by atoms with van der Waals surface area (Å²) < 4.78 is 0. The quantitative estimate of drug-likeness (QED) is 0.571. The highest BCUT2D eigenvalue weighted by Gasteiger charge is 2.29. The van der Waals surface area contributed by atoms with Crippen LogP contribution in [0.4, 0.5) is 0 Å². The van der Waals surface area contributed by atoms with Crippen molar-refractivity contribution in [3.63, 3.8) is 0 Å². The van der Waals surface area contributed by atoms with Crippen molar-refractivity contribution in [1.82, 2.24) is 10.2 Å². The molecule has 1 aliphatic carbocycles.